The van der Waals surface area contributed by atoms with Crippen molar-refractivity contribution in [1.82, 2.24) is 9.55 Å². The number of aliphatic hydroxyl groups is 3. The molecule has 9 nitrogen and oxygen atoms in total. The zero-order valence-corrected chi connectivity index (χ0v) is 9.17. The molecule has 1 aliphatic rings. The number of hydrogen-bond acceptors (Lipinski definition) is 7. The lowest BCUT2D eigenvalue weighted by atomic mass is 10.1. The molecule has 1 aliphatic heterocycles. The van der Waals surface area contributed by atoms with Crippen LogP contribution in [0.4, 0.5) is 0 Å². The van der Waals surface area contributed by atoms with E-state index < -0.39 is 36.8 Å². The Kier molecular flexibility index (Phi) is 3.48. The van der Waals surface area contributed by atoms with Gasteiger partial charge in [0.1, 0.15) is 18.3 Å². The number of aromatic amines is 1. The van der Waals surface area contributed by atoms with E-state index in [1.807, 2.05) is 0 Å². The minimum absolute atomic E-state index is 0.0528. The summed E-state index contributed by atoms with van der Waals surface area (Å²) in [5, 5.41) is 39.5. The number of nitrogens with zero attached hydrogens (tertiary/aromatic N) is 2. The SMILES string of the molecule is O=c1[nH]/c(=N\O)ccn1[C@@H]1O[C@H](CO)[C@@H](O)[C@@H]1O. The molecule has 1 aromatic rings. The van der Waals surface area contributed by atoms with Gasteiger partial charge in [0.05, 0.1) is 6.61 Å². The highest BCUT2D eigenvalue weighted by atomic mass is 16.6. The van der Waals surface area contributed by atoms with Crippen LogP contribution >= 0.6 is 0 Å². The molecule has 2 heterocycles. The summed E-state index contributed by atoms with van der Waals surface area (Å²) in [6, 6.07) is 1.29. The van der Waals surface area contributed by atoms with Crippen LogP contribution in [0.3, 0.4) is 0 Å². The molecule has 0 bridgehead atoms. The van der Waals surface area contributed by atoms with Crippen molar-refractivity contribution in [2.75, 3.05) is 6.61 Å². The molecule has 9 heteroatoms. The van der Waals surface area contributed by atoms with Gasteiger partial charge in [-0.25, -0.2) is 4.79 Å². The quantitative estimate of drug-likeness (QED) is 0.284. The van der Waals surface area contributed by atoms with Gasteiger partial charge in [0.15, 0.2) is 11.7 Å². The topological polar surface area (TPSA) is 140 Å². The lowest BCUT2D eigenvalue weighted by Crippen LogP contribution is -2.37. The number of ether oxygens (including phenoxy) is 1. The number of hydrogen-bond donors (Lipinski definition) is 5. The van der Waals surface area contributed by atoms with E-state index in [-0.39, 0.29) is 5.49 Å². The van der Waals surface area contributed by atoms with Crippen molar-refractivity contribution in [3.63, 3.8) is 0 Å². The van der Waals surface area contributed by atoms with E-state index in [2.05, 4.69) is 10.1 Å². The number of rotatable bonds is 2. The molecule has 0 radical (unpaired) electrons. The van der Waals surface area contributed by atoms with Gasteiger partial charge < -0.3 is 25.3 Å². The van der Waals surface area contributed by atoms with Gasteiger partial charge in [0, 0.05) is 12.3 Å². The first-order valence-electron chi connectivity index (χ1n) is 5.20. The second-order valence-corrected chi connectivity index (χ2v) is 3.87. The average Bonchev–Trinajstić information content (AvgIpc) is 2.66. The van der Waals surface area contributed by atoms with Crippen LogP contribution in [0.5, 0.6) is 0 Å². The normalized spacial score (nSPS) is 32.9. The molecule has 18 heavy (non-hydrogen) atoms. The molecule has 2 rings (SSSR count). The highest BCUT2D eigenvalue weighted by Crippen LogP contribution is 2.27. The van der Waals surface area contributed by atoms with Gasteiger partial charge in [-0.15, -0.1) is 0 Å². The largest absolute Gasteiger partial charge is 0.409 e. The monoisotopic (exact) mass is 259 g/mol. The lowest BCUT2D eigenvalue weighted by molar-refractivity contribution is -0.0550. The van der Waals surface area contributed by atoms with Gasteiger partial charge in [0.25, 0.3) is 0 Å². The first-order valence-corrected chi connectivity index (χ1v) is 5.20. The summed E-state index contributed by atoms with van der Waals surface area (Å²) >= 11 is 0. The maximum atomic E-state index is 11.6. The van der Waals surface area contributed by atoms with Crippen molar-refractivity contribution in [1.29, 1.82) is 0 Å². The zero-order valence-electron chi connectivity index (χ0n) is 9.17. The summed E-state index contributed by atoms with van der Waals surface area (Å²) < 4.78 is 6.17. The molecule has 0 unspecified atom stereocenters. The first kappa shape index (κ1) is 12.8. The number of nitrogens with one attached hydrogen (secondary N) is 1. The maximum absolute atomic E-state index is 11.6. The summed E-state index contributed by atoms with van der Waals surface area (Å²) in [4.78, 5) is 13.9. The molecule has 1 fully saturated rings. The molecule has 0 aromatic carbocycles. The molecule has 0 saturated carbocycles. The van der Waals surface area contributed by atoms with Gasteiger partial charge in [-0.3, -0.25) is 9.55 Å². The van der Waals surface area contributed by atoms with Gasteiger partial charge in [-0.1, -0.05) is 5.16 Å². The van der Waals surface area contributed by atoms with Crippen LogP contribution in [-0.2, 0) is 4.74 Å². The highest BCUT2D eigenvalue weighted by molar-refractivity contribution is 4.92. The van der Waals surface area contributed by atoms with Crippen LogP contribution in [0.2, 0.25) is 0 Å². The second-order valence-electron chi connectivity index (χ2n) is 3.87. The van der Waals surface area contributed by atoms with Crippen molar-refractivity contribution in [2.45, 2.75) is 24.5 Å². The summed E-state index contributed by atoms with van der Waals surface area (Å²) in [5.74, 6) is 0. The third-order valence-electron chi connectivity index (χ3n) is 2.76. The minimum atomic E-state index is -1.34. The average molecular weight is 259 g/mol. The second kappa shape index (κ2) is 4.90. The van der Waals surface area contributed by atoms with Gasteiger partial charge >= 0.3 is 5.69 Å². The van der Waals surface area contributed by atoms with Crippen LogP contribution in [0.1, 0.15) is 6.23 Å². The third kappa shape index (κ3) is 2.04. The molecule has 5 N–H and O–H groups in total. The van der Waals surface area contributed by atoms with Crippen LogP contribution < -0.4 is 11.2 Å². The van der Waals surface area contributed by atoms with Crippen molar-refractivity contribution < 1.29 is 25.3 Å². The van der Waals surface area contributed by atoms with Crippen molar-refractivity contribution in [3.8, 4) is 0 Å². The number of aliphatic hydroxyl groups excluding tert-OH is 3. The summed E-state index contributed by atoms with van der Waals surface area (Å²) in [7, 11) is 0. The summed E-state index contributed by atoms with van der Waals surface area (Å²) in [6.45, 7) is -0.475. The Hall–Kier alpha value is -1.68. The zero-order chi connectivity index (χ0) is 13.3. The van der Waals surface area contributed by atoms with E-state index in [0.717, 1.165) is 4.57 Å². The van der Waals surface area contributed by atoms with E-state index in [1.54, 1.807) is 0 Å². The Morgan fingerprint density at radius 2 is 2.17 bits per heavy atom. The van der Waals surface area contributed by atoms with E-state index in [1.165, 1.54) is 12.3 Å². The highest BCUT2D eigenvalue weighted by Gasteiger charge is 2.43. The summed E-state index contributed by atoms with van der Waals surface area (Å²) in [5.41, 5.74) is -0.733. The Morgan fingerprint density at radius 1 is 1.44 bits per heavy atom. The van der Waals surface area contributed by atoms with Gasteiger partial charge in [-0.05, 0) is 0 Å². The number of aromatic nitrogens is 2. The number of H-pyrrole nitrogens is 1. The Bertz CT molecular complexity index is 538. The molecule has 100 valence electrons. The van der Waals surface area contributed by atoms with E-state index >= 15 is 0 Å². The molecular weight excluding hydrogens is 246 g/mol. The van der Waals surface area contributed by atoms with Crippen LogP contribution in [0, 0.1) is 0 Å². The molecule has 1 aromatic heterocycles. The first-order chi connectivity index (χ1) is 8.58. The fourth-order valence-corrected chi connectivity index (χ4v) is 1.80. The van der Waals surface area contributed by atoms with Crippen LogP contribution in [0.15, 0.2) is 22.2 Å². The van der Waals surface area contributed by atoms with Gasteiger partial charge in [-0.2, -0.15) is 0 Å². The molecule has 0 spiro atoms. The molecule has 0 amide bonds. The Balaban J connectivity index is 2.36. The van der Waals surface area contributed by atoms with Gasteiger partial charge in [0.2, 0.25) is 0 Å². The van der Waals surface area contributed by atoms with Crippen molar-refractivity contribution in [3.05, 3.63) is 28.2 Å². The Morgan fingerprint density at radius 3 is 2.67 bits per heavy atom. The predicted molar refractivity (Wildman–Crippen MR) is 55.4 cm³/mol. The molecule has 4 atom stereocenters. The fourth-order valence-electron chi connectivity index (χ4n) is 1.80. The van der Waals surface area contributed by atoms with Crippen LogP contribution in [-0.4, -0.2) is 55.0 Å². The van der Waals surface area contributed by atoms with Crippen molar-refractivity contribution >= 4 is 0 Å². The predicted octanol–water partition coefficient (Wildman–Crippen LogP) is -2.92. The standard InChI is InChI=1S/C9H13N3O6/c13-3-4-6(14)7(15)8(18-4)12-2-1-5(11-17)10-9(12)16/h1-2,4,6-8,13-15,17H,3H2,(H,10,11,16)/t4-,6-,7+,8-/m1/s1. The van der Waals surface area contributed by atoms with E-state index in [4.69, 9.17) is 15.1 Å². The van der Waals surface area contributed by atoms with E-state index in [9.17, 15) is 15.0 Å². The van der Waals surface area contributed by atoms with E-state index in [0.29, 0.717) is 0 Å². The lowest BCUT2D eigenvalue weighted by Gasteiger charge is -2.16. The molecule has 0 aliphatic carbocycles. The van der Waals surface area contributed by atoms with Crippen molar-refractivity contribution in [2.24, 2.45) is 5.16 Å². The molecule has 1 saturated heterocycles. The maximum Gasteiger partial charge on any atom is 0.329 e. The van der Waals surface area contributed by atoms with Crippen LogP contribution in [0.25, 0.3) is 0 Å². The summed E-state index contributed by atoms with van der Waals surface area (Å²) in [6.07, 6.45) is -3.46. The smallest absolute Gasteiger partial charge is 0.329 e. The fraction of sp³-hybridized carbons (Fsp3) is 0.556. The Labute approximate surface area is 100 Å². The molecular formula is C9H13N3O6. The minimum Gasteiger partial charge on any atom is -0.409 e. The third-order valence-corrected chi connectivity index (χ3v) is 2.76.